The van der Waals surface area contributed by atoms with Crippen LogP contribution in [0.25, 0.3) is 0 Å². The summed E-state index contributed by atoms with van der Waals surface area (Å²) in [7, 11) is 0. The summed E-state index contributed by atoms with van der Waals surface area (Å²) < 4.78 is 10.8. The third-order valence-electron chi connectivity index (χ3n) is 4.29. The van der Waals surface area contributed by atoms with Crippen LogP contribution in [-0.2, 0) is 23.9 Å². The van der Waals surface area contributed by atoms with E-state index in [1.54, 1.807) is 13.0 Å². The van der Waals surface area contributed by atoms with Gasteiger partial charge in [0, 0.05) is 26.7 Å². The largest absolute Gasteiger partial charge is 0.423 e. The quantitative estimate of drug-likeness (QED) is 0.444. The Bertz CT molecular complexity index is 563. The van der Waals surface area contributed by atoms with E-state index < -0.39 is 17.7 Å². The number of ether oxygens (including phenoxy) is 2. The highest BCUT2D eigenvalue weighted by molar-refractivity contribution is 6.04. The fourth-order valence-electron chi connectivity index (χ4n) is 3.12. The smallest absolute Gasteiger partial charge is 0.305 e. The summed E-state index contributed by atoms with van der Waals surface area (Å²) in [6, 6.07) is 0. The highest BCUT2D eigenvalue weighted by atomic mass is 16.7. The van der Waals surface area contributed by atoms with Crippen molar-refractivity contribution in [2.24, 2.45) is 5.92 Å². The number of esters is 2. The van der Waals surface area contributed by atoms with E-state index >= 15 is 0 Å². The zero-order valence-corrected chi connectivity index (χ0v) is 15.5. The molecule has 0 aromatic rings. The van der Waals surface area contributed by atoms with Crippen molar-refractivity contribution in [1.82, 2.24) is 0 Å². The van der Waals surface area contributed by atoms with E-state index in [9.17, 15) is 14.4 Å². The molecular weight excluding hydrogens is 308 g/mol. The van der Waals surface area contributed by atoms with Gasteiger partial charge in [0.05, 0.1) is 0 Å². The summed E-state index contributed by atoms with van der Waals surface area (Å²) in [5, 5.41) is 0. The van der Waals surface area contributed by atoms with E-state index in [4.69, 9.17) is 9.47 Å². The van der Waals surface area contributed by atoms with Crippen molar-refractivity contribution < 1.29 is 23.9 Å². The Hall–Kier alpha value is -1.91. The highest BCUT2D eigenvalue weighted by Crippen LogP contribution is 2.36. The van der Waals surface area contributed by atoms with E-state index in [1.807, 2.05) is 20.8 Å². The zero-order valence-electron chi connectivity index (χ0n) is 15.5. The molecule has 0 N–H and O–H groups in total. The van der Waals surface area contributed by atoms with Crippen molar-refractivity contribution in [3.63, 3.8) is 0 Å². The van der Waals surface area contributed by atoms with Gasteiger partial charge in [-0.2, -0.15) is 0 Å². The first-order valence-electron chi connectivity index (χ1n) is 8.32. The fourth-order valence-corrected chi connectivity index (χ4v) is 3.12. The molecule has 1 unspecified atom stereocenters. The molecule has 5 heteroatoms. The van der Waals surface area contributed by atoms with Crippen molar-refractivity contribution in [3.05, 3.63) is 22.8 Å². The second-order valence-corrected chi connectivity index (χ2v) is 6.83. The van der Waals surface area contributed by atoms with Crippen LogP contribution >= 0.6 is 0 Å². The first kappa shape index (κ1) is 20.1. The number of rotatable bonds is 3. The number of hydrogen-bond acceptors (Lipinski definition) is 5. The Morgan fingerprint density at radius 2 is 1.67 bits per heavy atom. The molecule has 1 aliphatic carbocycles. The summed E-state index contributed by atoms with van der Waals surface area (Å²) in [5.41, 5.74) is 2.64. The van der Waals surface area contributed by atoms with Gasteiger partial charge in [-0.3, -0.25) is 14.4 Å². The summed E-state index contributed by atoms with van der Waals surface area (Å²) in [6.45, 7) is 9.90. The molecule has 1 atom stereocenters. The van der Waals surface area contributed by atoms with Crippen molar-refractivity contribution >= 4 is 17.7 Å². The lowest BCUT2D eigenvalue weighted by atomic mass is 9.85. The van der Waals surface area contributed by atoms with E-state index in [0.29, 0.717) is 18.4 Å². The Morgan fingerprint density at radius 3 is 2.12 bits per heavy atom. The van der Waals surface area contributed by atoms with Crippen LogP contribution in [0.4, 0.5) is 0 Å². The lowest BCUT2D eigenvalue weighted by molar-refractivity contribution is -0.239. The first-order valence-corrected chi connectivity index (χ1v) is 8.32. The minimum Gasteiger partial charge on any atom is -0.423 e. The standard InChI is InChI=1S/C19H28O5/c1-12(2)17-11-16(9-7-8-13(3)10-18(17)22)19(6,23-14(4)20)24-15(5)21/h10,16H,7-9,11H2,1-6H3/b13-10-. The molecule has 0 radical (unpaired) electrons. The number of carbonyl (C=O) groups excluding carboxylic acids is 3. The third-order valence-corrected chi connectivity index (χ3v) is 4.29. The van der Waals surface area contributed by atoms with E-state index in [-0.39, 0.29) is 11.7 Å². The Balaban J connectivity index is 3.26. The molecule has 0 heterocycles. The average Bonchev–Trinajstić information content (AvgIpc) is 2.45. The molecule has 0 aromatic carbocycles. The monoisotopic (exact) mass is 336 g/mol. The Morgan fingerprint density at radius 1 is 1.12 bits per heavy atom. The normalized spacial score (nSPS) is 21.8. The molecule has 0 aliphatic heterocycles. The molecule has 1 rings (SSSR count). The van der Waals surface area contributed by atoms with Gasteiger partial charge in [0.1, 0.15) is 0 Å². The minimum atomic E-state index is -1.38. The lowest BCUT2D eigenvalue weighted by Crippen LogP contribution is -2.44. The van der Waals surface area contributed by atoms with Crippen LogP contribution in [0.2, 0.25) is 0 Å². The number of carbonyl (C=O) groups is 3. The van der Waals surface area contributed by atoms with Crippen LogP contribution in [0.3, 0.4) is 0 Å². The topological polar surface area (TPSA) is 69.7 Å². The highest BCUT2D eigenvalue weighted by Gasteiger charge is 2.41. The third kappa shape index (κ3) is 5.62. The molecule has 0 amide bonds. The summed E-state index contributed by atoms with van der Waals surface area (Å²) in [6.07, 6.45) is 4.39. The summed E-state index contributed by atoms with van der Waals surface area (Å²) in [5.74, 6) is -2.71. The molecule has 0 saturated heterocycles. The second-order valence-electron chi connectivity index (χ2n) is 6.83. The maximum atomic E-state index is 12.5. The Labute approximate surface area is 144 Å². The molecule has 24 heavy (non-hydrogen) atoms. The van der Waals surface area contributed by atoms with Crippen molar-refractivity contribution in [1.29, 1.82) is 0 Å². The van der Waals surface area contributed by atoms with Gasteiger partial charge >= 0.3 is 11.9 Å². The van der Waals surface area contributed by atoms with Crippen LogP contribution in [0.5, 0.6) is 0 Å². The van der Waals surface area contributed by atoms with Crippen LogP contribution in [0.1, 0.15) is 67.2 Å². The number of hydrogen-bond donors (Lipinski definition) is 0. The molecular formula is C19H28O5. The molecule has 134 valence electrons. The van der Waals surface area contributed by atoms with E-state index in [1.165, 1.54) is 13.8 Å². The first-order chi connectivity index (χ1) is 11.0. The molecule has 0 aromatic heterocycles. The summed E-state index contributed by atoms with van der Waals surface area (Å²) >= 11 is 0. The predicted octanol–water partition coefficient (Wildman–Crippen LogP) is 3.87. The average molecular weight is 336 g/mol. The van der Waals surface area contributed by atoms with Gasteiger partial charge in [-0.25, -0.2) is 0 Å². The van der Waals surface area contributed by atoms with Crippen LogP contribution in [0, 0.1) is 5.92 Å². The van der Waals surface area contributed by atoms with Gasteiger partial charge in [0.2, 0.25) is 0 Å². The second kappa shape index (κ2) is 8.27. The molecule has 0 spiro atoms. The molecule has 0 saturated carbocycles. The van der Waals surface area contributed by atoms with Crippen molar-refractivity contribution in [3.8, 4) is 0 Å². The van der Waals surface area contributed by atoms with Crippen molar-refractivity contribution in [2.45, 2.75) is 73.0 Å². The Kier molecular flexibility index (Phi) is 6.93. The SMILES string of the molecule is CC(=O)OC(C)(OC(C)=O)C1CCC/C(C)=C\C(=O)C(=C(C)C)C1. The zero-order chi connectivity index (χ0) is 18.5. The fraction of sp³-hybridized carbons (Fsp3) is 0.632. The number of allylic oxidation sites excluding steroid dienone is 4. The van der Waals surface area contributed by atoms with Crippen molar-refractivity contribution in [2.75, 3.05) is 0 Å². The van der Waals surface area contributed by atoms with Gasteiger partial charge in [-0.05, 0) is 58.1 Å². The molecule has 0 fully saturated rings. The van der Waals surface area contributed by atoms with E-state index in [2.05, 4.69) is 0 Å². The van der Waals surface area contributed by atoms with Gasteiger partial charge in [0.15, 0.2) is 5.78 Å². The van der Waals surface area contributed by atoms with Gasteiger partial charge in [-0.15, -0.1) is 0 Å². The molecule has 1 aliphatic rings. The lowest BCUT2D eigenvalue weighted by Gasteiger charge is -2.36. The molecule has 0 bridgehead atoms. The molecule has 5 nitrogen and oxygen atoms in total. The maximum absolute atomic E-state index is 12.5. The summed E-state index contributed by atoms with van der Waals surface area (Å²) in [4.78, 5) is 35.6. The van der Waals surface area contributed by atoms with Crippen LogP contribution < -0.4 is 0 Å². The number of ketones is 1. The van der Waals surface area contributed by atoms with Gasteiger partial charge in [-0.1, -0.05) is 11.1 Å². The van der Waals surface area contributed by atoms with Crippen LogP contribution in [-0.4, -0.2) is 23.5 Å². The maximum Gasteiger partial charge on any atom is 0.305 e. The van der Waals surface area contributed by atoms with E-state index in [0.717, 1.165) is 24.0 Å². The van der Waals surface area contributed by atoms with Gasteiger partial charge < -0.3 is 9.47 Å². The predicted molar refractivity (Wildman–Crippen MR) is 91.0 cm³/mol. The van der Waals surface area contributed by atoms with Crippen LogP contribution in [0.15, 0.2) is 22.8 Å². The minimum absolute atomic E-state index is 0.0209. The van der Waals surface area contributed by atoms with Gasteiger partial charge in [0.25, 0.3) is 5.79 Å².